The number of pyridine rings is 3. The zero-order chi connectivity index (χ0) is 21.4. The van der Waals surface area contributed by atoms with E-state index in [-0.39, 0.29) is 5.91 Å². The fourth-order valence-corrected chi connectivity index (χ4v) is 4.10. The largest absolute Gasteiger partial charge is 0.491 e. The van der Waals surface area contributed by atoms with Crippen LogP contribution in [0.4, 0.5) is 11.5 Å². The van der Waals surface area contributed by atoms with Crippen LogP contribution in [0.3, 0.4) is 0 Å². The van der Waals surface area contributed by atoms with Crippen LogP contribution in [-0.2, 0) is 6.54 Å². The van der Waals surface area contributed by atoms with Crippen molar-refractivity contribution in [2.45, 2.75) is 19.4 Å². The first kappa shape index (κ1) is 19.3. The van der Waals surface area contributed by atoms with Crippen molar-refractivity contribution in [2.75, 3.05) is 37.1 Å². The van der Waals surface area contributed by atoms with Crippen LogP contribution in [0.25, 0.3) is 11.3 Å². The lowest BCUT2D eigenvalue weighted by molar-refractivity contribution is 0.0996. The van der Waals surface area contributed by atoms with Crippen LogP contribution in [0, 0.1) is 0 Å². The summed E-state index contributed by atoms with van der Waals surface area (Å²) in [6, 6.07) is 9.44. The van der Waals surface area contributed by atoms with Gasteiger partial charge in [-0.15, -0.1) is 0 Å². The molecule has 2 aliphatic heterocycles. The molecule has 5 heterocycles. The summed E-state index contributed by atoms with van der Waals surface area (Å²) in [5.41, 5.74) is 3.65. The topological polar surface area (TPSA) is 80.7 Å². The molecule has 5 rings (SSSR count). The van der Waals surface area contributed by atoms with Crippen LogP contribution in [-0.4, -0.2) is 48.2 Å². The molecular formula is C23H23N5O3. The highest BCUT2D eigenvalue weighted by Crippen LogP contribution is 2.32. The first-order valence-corrected chi connectivity index (χ1v) is 10.3. The molecule has 8 heteroatoms. The maximum atomic E-state index is 13.0. The van der Waals surface area contributed by atoms with Crippen LogP contribution >= 0.6 is 0 Å². The standard InChI is InChI=1S/C23H23N5O3/c1-30-20-11-15(12-25-22(20)31-2)18-7-6-17-19(26-18)14-28(23(17)29)16-5-8-21(24-13-16)27-9-3-4-10-27/h5-8,11-13H,3-4,9-10,14H2,1-2H3. The fraction of sp³-hybridized carbons (Fsp3) is 0.304. The summed E-state index contributed by atoms with van der Waals surface area (Å²) in [4.78, 5) is 30.6. The van der Waals surface area contributed by atoms with Gasteiger partial charge in [-0.25, -0.2) is 9.97 Å². The van der Waals surface area contributed by atoms with E-state index in [1.807, 2.05) is 30.3 Å². The predicted molar refractivity (Wildman–Crippen MR) is 117 cm³/mol. The average Bonchev–Trinajstić information content (AvgIpc) is 3.47. The second-order valence-corrected chi connectivity index (χ2v) is 7.59. The Hall–Kier alpha value is -3.68. The Labute approximate surface area is 180 Å². The maximum Gasteiger partial charge on any atom is 0.260 e. The molecule has 0 radical (unpaired) electrons. The van der Waals surface area contributed by atoms with Crippen LogP contribution < -0.4 is 19.3 Å². The summed E-state index contributed by atoms with van der Waals surface area (Å²) < 4.78 is 10.5. The first-order valence-electron chi connectivity index (χ1n) is 10.3. The third-order valence-corrected chi connectivity index (χ3v) is 5.76. The van der Waals surface area contributed by atoms with Gasteiger partial charge in [0.25, 0.3) is 11.8 Å². The van der Waals surface area contributed by atoms with E-state index >= 15 is 0 Å². The second-order valence-electron chi connectivity index (χ2n) is 7.59. The normalized spacial score (nSPS) is 15.4. The van der Waals surface area contributed by atoms with Crippen molar-refractivity contribution in [1.29, 1.82) is 0 Å². The molecule has 1 saturated heterocycles. The van der Waals surface area contributed by atoms with Crippen molar-refractivity contribution in [3.8, 4) is 22.9 Å². The van der Waals surface area contributed by atoms with Gasteiger partial charge in [0.2, 0.25) is 0 Å². The Morgan fingerprint density at radius 2 is 1.81 bits per heavy atom. The van der Waals surface area contributed by atoms with Crippen molar-refractivity contribution in [3.63, 3.8) is 0 Å². The van der Waals surface area contributed by atoms with Gasteiger partial charge in [-0.1, -0.05) is 0 Å². The molecule has 0 atom stereocenters. The van der Waals surface area contributed by atoms with Crippen LogP contribution in [0.5, 0.6) is 11.6 Å². The number of amides is 1. The fourth-order valence-electron chi connectivity index (χ4n) is 4.10. The zero-order valence-electron chi connectivity index (χ0n) is 17.5. The predicted octanol–water partition coefficient (Wildman–Crippen LogP) is 3.32. The summed E-state index contributed by atoms with van der Waals surface area (Å²) in [7, 11) is 3.11. The van der Waals surface area contributed by atoms with Crippen LogP contribution in [0.15, 0.2) is 42.7 Å². The van der Waals surface area contributed by atoms with Crippen molar-refractivity contribution in [1.82, 2.24) is 15.0 Å². The molecule has 0 spiro atoms. The third kappa shape index (κ3) is 3.43. The lowest BCUT2D eigenvalue weighted by Gasteiger charge is -2.19. The van der Waals surface area contributed by atoms with Gasteiger partial charge in [0.1, 0.15) is 5.82 Å². The number of aromatic nitrogens is 3. The molecule has 1 amide bonds. The smallest absolute Gasteiger partial charge is 0.260 e. The lowest BCUT2D eigenvalue weighted by atomic mass is 10.1. The maximum absolute atomic E-state index is 13.0. The number of hydrogen-bond donors (Lipinski definition) is 0. The quantitative estimate of drug-likeness (QED) is 0.630. The summed E-state index contributed by atoms with van der Waals surface area (Å²) in [6.45, 7) is 2.49. The Morgan fingerprint density at radius 1 is 0.968 bits per heavy atom. The number of ether oxygens (including phenoxy) is 2. The van der Waals surface area contributed by atoms with Gasteiger partial charge in [0.05, 0.1) is 49.6 Å². The van der Waals surface area contributed by atoms with Gasteiger partial charge in [-0.2, -0.15) is 0 Å². The summed E-state index contributed by atoms with van der Waals surface area (Å²) in [6.07, 6.45) is 5.86. The monoisotopic (exact) mass is 417 g/mol. The third-order valence-electron chi connectivity index (χ3n) is 5.76. The molecule has 2 aliphatic rings. The van der Waals surface area contributed by atoms with E-state index in [9.17, 15) is 4.79 Å². The van der Waals surface area contributed by atoms with E-state index in [2.05, 4.69) is 14.9 Å². The second kappa shape index (κ2) is 7.86. The highest BCUT2D eigenvalue weighted by molar-refractivity contribution is 6.09. The van der Waals surface area contributed by atoms with Crippen molar-refractivity contribution in [2.24, 2.45) is 0 Å². The lowest BCUT2D eigenvalue weighted by Crippen LogP contribution is -2.24. The number of methoxy groups -OCH3 is 2. The number of carbonyl (C=O) groups excluding carboxylic acids is 1. The molecule has 0 saturated carbocycles. The highest BCUT2D eigenvalue weighted by Gasteiger charge is 2.30. The minimum Gasteiger partial charge on any atom is -0.491 e. The average molecular weight is 417 g/mol. The molecule has 0 bridgehead atoms. The van der Waals surface area contributed by atoms with Gasteiger partial charge < -0.3 is 19.3 Å². The van der Waals surface area contributed by atoms with Crippen molar-refractivity contribution < 1.29 is 14.3 Å². The number of anilines is 2. The van der Waals surface area contributed by atoms with E-state index in [0.717, 1.165) is 41.5 Å². The van der Waals surface area contributed by atoms with E-state index < -0.39 is 0 Å². The molecule has 3 aromatic rings. The van der Waals surface area contributed by atoms with Gasteiger partial charge in [-0.3, -0.25) is 9.78 Å². The Morgan fingerprint density at radius 3 is 2.52 bits per heavy atom. The van der Waals surface area contributed by atoms with E-state index in [1.165, 1.54) is 12.8 Å². The van der Waals surface area contributed by atoms with Gasteiger partial charge in [-0.05, 0) is 43.2 Å². The highest BCUT2D eigenvalue weighted by atomic mass is 16.5. The van der Waals surface area contributed by atoms with Crippen molar-refractivity contribution >= 4 is 17.4 Å². The van der Waals surface area contributed by atoms with Crippen molar-refractivity contribution in [3.05, 3.63) is 54.0 Å². The molecule has 0 aliphatic carbocycles. The molecule has 31 heavy (non-hydrogen) atoms. The zero-order valence-corrected chi connectivity index (χ0v) is 17.5. The molecule has 0 unspecified atom stereocenters. The SMILES string of the molecule is COc1cc(-c2ccc3c(n2)CN(c2ccc(N4CCCC4)nc2)C3=O)cnc1OC. The molecule has 0 aromatic carbocycles. The number of fused-ring (bicyclic) bond motifs is 1. The summed E-state index contributed by atoms with van der Waals surface area (Å²) in [5.74, 6) is 1.85. The number of rotatable bonds is 5. The van der Waals surface area contributed by atoms with E-state index in [4.69, 9.17) is 14.5 Å². The summed E-state index contributed by atoms with van der Waals surface area (Å²) >= 11 is 0. The Kier molecular flexibility index (Phi) is 4.89. The van der Waals surface area contributed by atoms with Crippen LogP contribution in [0.2, 0.25) is 0 Å². The molecule has 1 fully saturated rings. The van der Waals surface area contributed by atoms with Gasteiger partial charge in [0, 0.05) is 24.8 Å². The molecular weight excluding hydrogens is 394 g/mol. The Bertz CT molecular complexity index is 1130. The van der Waals surface area contributed by atoms with E-state index in [0.29, 0.717) is 23.7 Å². The number of nitrogens with zero attached hydrogens (tertiary/aromatic N) is 5. The molecule has 8 nitrogen and oxygen atoms in total. The number of hydrogen-bond acceptors (Lipinski definition) is 7. The minimum atomic E-state index is -0.0600. The van der Waals surface area contributed by atoms with Gasteiger partial charge >= 0.3 is 0 Å². The minimum absolute atomic E-state index is 0.0600. The van der Waals surface area contributed by atoms with E-state index in [1.54, 1.807) is 31.5 Å². The molecule has 3 aromatic heterocycles. The summed E-state index contributed by atoms with van der Waals surface area (Å²) in [5, 5.41) is 0. The van der Waals surface area contributed by atoms with Gasteiger partial charge in [0.15, 0.2) is 5.75 Å². The first-order chi connectivity index (χ1) is 15.2. The Balaban J connectivity index is 1.40. The molecule has 158 valence electrons. The number of carbonyl (C=O) groups is 1. The molecule has 0 N–H and O–H groups in total. The van der Waals surface area contributed by atoms with Crippen LogP contribution in [0.1, 0.15) is 28.9 Å².